The van der Waals surface area contributed by atoms with Gasteiger partial charge in [-0.25, -0.2) is 4.79 Å². The Labute approximate surface area is 125 Å². The molecule has 0 aromatic rings. The molecular weight excluding hydrogens is 274 g/mol. The summed E-state index contributed by atoms with van der Waals surface area (Å²) >= 11 is 0. The largest absolute Gasteiger partial charge is 0.550 e. The molecule has 0 aromatic heterocycles. The molecule has 1 aliphatic rings. The van der Waals surface area contributed by atoms with Crippen molar-refractivity contribution < 1.29 is 24.5 Å². The van der Waals surface area contributed by atoms with E-state index in [1.54, 1.807) is 6.92 Å². The highest BCUT2D eigenvalue weighted by atomic mass is 16.6. The number of hydrogen-bond donors (Lipinski definition) is 1. The molecular formula is C15H24NO5-. The van der Waals surface area contributed by atoms with Crippen LogP contribution in [0.25, 0.3) is 0 Å². The maximum atomic E-state index is 11.9. The predicted molar refractivity (Wildman–Crippen MR) is 75.1 cm³/mol. The lowest BCUT2D eigenvalue weighted by molar-refractivity contribution is -0.305. The molecule has 0 radical (unpaired) electrons. The van der Waals surface area contributed by atoms with E-state index in [1.165, 1.54) is 11.8 Å². The van der Waals surface area contributed by atoms with Gasteiger partial charge in [0, 0.05) is 12.5 Å². The lowest BCUT2D eigenvalue weighted by Crippen LogP contribution is -2.55. The molecule has 2 atom stereocenters. The first-order valence-electron chi connectivity index (χ1n) is 7.16. The molecule has 2 unspecified atom stereocenters. The highest BCUT2D eigenvalue weighted by Gasteiger charge is 2.58. The number of rotatable bonds is 7. The summed E-state index contributed by atoms with van der Waals surface area (Å²) < 4.78 is 5.36. The monoisotopic (exact) mass is 298 g/mol. The van der Waals surface area contributed by atoms with Gasteiger partial charge in [0.2, 0.25) is 0 Å². The molecule has 21 heavy (non-hydrogen) atoms. The Hall–Kier alpha value is -1.56. The Kier molecular flexibility index (Phi) is 5.39. The number of amides is 1. The van der Waals surface area contributed by atoms with Gasteiger partial charge < -0.3 is 19.7 Å². The fourth-order valence-corrected chi connectivity index (χ4v) is 2.42. The molecule has 120 valence electrons. The number of carboxylic acids is 1. The Morgan fingerprint density at radius 3 is 2.57 bits per heavy atom. The molecule has 1 rings (SSSR count). The maximum Gasteiger partial charge on any atom is 0.412 e. The number of aliphatic carboxylic acids is 1. The van der Waals surface area contributed by atoms with Crippen LogP contribution in [0.1, 0.15) is 53.4 Å². The SMILES string of the molecule is CC(C)=CCCC1(C)OC(=O)N(CCCC(=O)[O-])C1(C)O. The van der Waals surface area contributed by atoms with Crippen molar-refractivity contribution in [2.75, 3.05) is 6.54 Å². The van der Waals surface area contributed by atoms with Crippen LogP contribution >= 0.6 is 0 Å². The number of hydrogen-bond acceptors (Lipinski definition) is 5. The van der Waals surface area contributed by atoms with Crippen molar-refractivity contribution >= 4 is 12.1 Å². The van der Waals surface area contributed by atoms with Crippen molar-refractivity contribution in [2.45, 2.75) is 64.7 Å². The molecule has 6 nitrogen and oxygen atoms in total. The molecule has 1 saturated heterocycles. The summed E-state index contributed by atoms with van der Waals surface area (Å²) in [5.74, 6) is -1.17. The Morgan fingerprint density at radius 1 is 1.43 bits per heavy atom. The number of allylic oxidation sites excluding steroid dienone is 2. The van der Waals surface area contributed by atoms with Gasteiger partial charge in [-0.3, -0.25) is 4.90 Å². The molecule has 0 aromatic carbocycles. The minimum absolute atomic E-state index is 0.123. The summed E-state index contributed by atoms with van der Waals surface area (Å²) in [5, 5.41) is 21.1. The number of ether oxygens (including phenoxy) is 1. The van der Waals surface area contributed by atoms with E-state index < -0.39 is 23.4 Å². The topological polar surface area (TPSA) is 89.9 Å². The van der Waals surface area contributed by atoms with Gasteiger partial charge in [0.15, 0.2) is 11.3 Å². The normalized spacial score (nSPS) is 28.4. The summed E-state index contributed by atoms with van der Waals surface area (Å²) in [5.41, 5.74) is -1.32. The van der Waals surface area contributed by atoms with E-state index in [0.29, 0.717) is 12.8 Å². The number of carboxylic acid groups (broad SMARTS) is 1. The van der Waals surface area contributed by atoms with Crippen LogP contribution in [-0.2, 0) is 9.53 Å². The van der Waals surface area contributed by atoms with Crippen molar-refractivity contribution in [2.24, 2.45) is 0 Å². The first-order valence-corrected chi connectivity index (χ1v) is 7.16. The van der Waals surface area contributed by atoms with Crippen molar-refractivity contribution in [3.8, 4) is 0 Å². The van der Waals surface area contributed by atoms with E-state index in [9.17, 15) is 19.8 Å². The fraction of sp³-hybridized carbons (Fsp3) is 0.733. The zero-order chi connectivity index (χ0) is 16.3. The van der Waals surface area contributed by atoms with Crippen LogP contribution in [0.15, 0.2) is 11.6 Å². The average molecular weight is 298 g/mol. The lowest BCUT2D eigenvalue weighted by atomic mass is 9.88. The van der Waals surface area contributed by atoms with Crippen molar-refractivity contribution in [3.63, 3.8) is 0 Å². The molecule has 1 amide bonds. The minimum atomic E-state index is -1.47. The molecule has 1 N–H and O–H groups in total. The van der Waals surface area contributed by atoms with Crippen molar-refractivity contribution in [1.82, 2.24) is 4.90 Å². The molecule has 1 fully saturated rings. The maximum absolute atomic E-state index is 11.9. The van der Waals surface area contributed by atoms with Crippen LogP contribution in [-0.4, -0.2) is 39.9 Å². The first-order chi connectivity index (χ1) is 9.60. The van der Waals surface area contributed by atoms with Gasteiger partial charge in [-0.05, 0) is 53.4 Å². The van der Waals surface area contributed by atoms with Crippen molar-refractivity contribution in [3.05, 3.63) is 11.6 Å². The van der Waals surface area contributed by atoms with Crippen LogP contribution < -0.4 is 5.11 Å². The number of nitrogens with zero attached hydrogens (tertiary/aromatic N) is 1. The van der Waals surface area contributed by atoms with Gasteiger partial charge >= 0.3 is 6.09 Å². The third-order valence-corrected chi connectivity index (χ3v) is 4.00. The van der Waals surface area contributed by atoms with Crippen LogP contribution in [0.4, 0.5) is 4.79 Å². The number of carbonyl (C=O) groups excluding carboxylic acids is 2. The molecule has 0 saturated carbocycles. The molecule has 1 heterocycles. The fourth-order valence-electron chi connectivity index (χ4n) is 2.42. The van der Waals surface area contributed by atoms with Gasteiger partial charge in [-0.1, -0.05) is 11.6 Å². The van der Waals surface area contributed by atoms with E-state index in [0.717, 1.165) is 5.57 Å². The van der Waals surface area contributed by atoms with Gasteiger partial charge in [0.1, 0.15) is 0 Å². The summed E-state index contributed by atoms with van der Waals surface area (Å²) in [6, 6.07) is 0. The average Bonchev–Trinajstić information content (AvgIpc) is 2.48. The predicted octanol–water partition coefficient (Wildman–Crippen LogP) is 1.18. The van der Waals surface area contributed by atoms with Gasteiger partial charge in [0.05, 0.1) is 0 Å². The van der Waals surface area contributed by atoms with E-state index in [4.69, 9.17) is 4.74 Å². The van der Waals surface area contributed by atoms with E-state index in [-0.39, 0.29) is 19.4 Å². The molecule has 0 spiro atoms. The Bertz CT molecular complexity index is 439. The van der Waals surface area contributed by atoms with Crippen LogP contribution in [0.2, 0.25) is 0 Å². The lowest BCUT2D eigenvalue weighted by Gasteiger charge is -2.37. The third kappa shape index (κ3) is 3.97. The van der Waals surface area contributed by atoms with Crippen LogP contribution in [0, 0.1) is 0 Å². The van der Waals surface area contributed by atoms with E-state index >= 15 is 0 Å². The smallest absolute Gasteiger partial charge is 0.412 e. The van der Waals surface area contributed by atoms with Crippen LogP contribution in [0.5, 0.6) is 0 Å². The third-order valence-electron chi connectivity index (χ3n) is 4.00. The highest BCUT2D eigenvalue weighted by molar-refractivity contribution is 5.72. The molecule has 6 heteroatoms. The quantitative estimate of drug-likeness (QED) is 0.713. The van der Waals surface area contributed by atoms with Crippen LogP contribution in [0.3, 0.4) is 0 Å². The second kappa shape index (κ2) is 6.47. The molecule has 0 aliphatic carbocycles. The zero-order valence-corrected chi connectivity index (χ0v) is 13.1. The number of cyclic esters (lactones) is 1. The summed E-state index contributed by atoms with van der Waals surface area (Å²) in [7, 11) is 0. The van der Waals surface area contributed by atoms with Gasteiger partial charge in [-0.15, -0.1) is 0 Å². The summed E-state index contributed by atoms with van der Waals surface area (Å²) in [6.45, 7) is 7.31. The van der Waals surface area contributed by atoms with E-state index in [2.05, 4.69) is 0 Å². The second-order valence-corrected chi connectivity index (χ2v) is 6.07. The second-order valence-electron chi connectivity index (χ2n) is 6.07. The zero-order valence-electron chi connectivity index (χ0n) is 13.1. The standard InChI is InChI=1S/C15H25NO5/c1-11(2)7-5-9-14(3)15(4,20)16(13(19)21-14)10-6-8-12(17)18/h7,20H,5-6,8-10H2,1-4H3,(H,17,18)/p-1. The highest BCUT2D eigenvalue weighted by Crippen LogP contribution is 2.40. The van der Waals surface area contributed by atoms with Gasteiger partial charge in [0.25, 0.3) is 0 Å². The van der Waals surface area contributed by atoms with Gasteiger partial charge in [-0.2, -0.15) is 0 Å². The van der Waals surface area contributed by atoms with E-state index in [1.807, 2.05) is 19.9 Å². The number of aliphatic hydroxyl groups is 1. The first kappa shape index (κ1) is 17.5. The summed E-state index contributed by atoms with van der Waals surface area (Å²) in [6.07, 6.45) is 2.65. The van der Waals surface area contributed by atoms with Crippen molar-refractivity contribution in [1.29, 1.82) is 0 Å². The minimum Gasteiger partial charge on any atom is -0.550 e. The Balaban J connectivity index is 2.74. The molecule has 0 bridgehead atoms. The number of carbonyl (C=O) groups is 2. The summed E-state index contributed by atoms with van der Waals surface area (Å²) in [4.78, 5) is 23.6. The molecule has 1 aliphatic heterocycles. The Morgan fingerprint density at radius 2 is 2.05 bits per heavy atom.